The molecule has 0 fully saturated rings. The zero-order valence-electron chi connectivity index (χ0n) is 34.4. The van der Waals surface area contributed by atoms with Crippen LogP contribution in [0.3, 0.4) is 0 Å². The molecule has 0 spiro atoms. The van der Waals surface area contributed by atoms with Crippen molar-refractivity contribution in [2.75, 3.05) is 19.7 Å². The van der Waals surface area contributed by atoms with Gasteiger partial charge >= 0.3 is 6.18 Å². The Morgan fingerprint density at radius 3 is 2.00 bits per heavy atom. The number of fused-ring (bicyclic) bond motifs is 2. The first-order valence-corrected chi connectivity index (χ1v) is 21.1. The van der Waals surface area contributed by atoms with Crippen LogP contribution >= 0.6 is 22.7 Å². The van der Waals surface area contributed by atoms with E-state index in [0.29, 0.717) is 30.5 Å². The number of alkyl halides is 7. The Labute approximate surface area is 357 Å². The first kappa shape index (κ1) is 45.9. The molecule has 0 aliphatic rings. The summed E-state index contributed by atoms with van der Waals surface area (Å²) in [5.41, 5.74) is -2.61. The van der Waals surface area contributed by atoms with Gasteiger partial charge in [-0.05, 0) is 45.6 Å². The number of hydrogen-bond acceptors (Lipinski definition) is 11. The summed E-state index contributed by atoms with van der Waals surface area (Å²) in [6.45, 7) is 12.7. The van der Waals surface area contributed by atoms with E-state index in [1.54, 1.807) is 20.8 Å². The SMILES string of the molecule is C=C(NCC)c1c(C(F)(F)F)sc2nc(Cn3nc(C(F)(F)CCCOc4cc(C(C)(F)F)nn4Cc4cc(=O)n5c(C(=O)NCC)c(C)sc5n4)cc3CC(C)C)cc(=O)n12. The molecule has 0 aliphatic carbocycles. The molecule has 0 radical (unpaired) electrons. The summed E-state index contributed by atoms with van der Waals surface area (Å²) in [5.74, 6) is -7.59. The number of rotatable bonds is 18. The van der Waals surface area contributed by atoms with Crippen molar-refractivity contribution in [3.05, 3.63) is 101 Å². The molecule has 2 N–H and O–H groups in total. The van der Waals surface area contributed by atoms with Gasteiger partial charge < -0.3 is 15.4 Å². The maximum absolute atomic E-state index is 15.8. The quantitative estimate of drug-likeness (QED) is 0.0672. The molecular weight excluding hydrogens is 870 g/mol. The van der Waals surface area contributed by atoms with Gasteiger partial charge in [0.05, 0.1) is 42.5 Å². The average molecular weight is 913 g/mol. The van der Waals surface area contributed by atoms with Gasteiger partial charge in [-0.25, -0.2) is 23.5 Å². The zero-order chi connectivity index (χ0) is 45.5. The number of amides is 1. The monoisotopic (exact) mass is 912 g/mol. The fourth-order valence-corrected chi connectivity index (χ4v) is 8.71. The maximum atomic E-state index is 15.8. The summed E-state index contributed by atoms with van der Waals surface area (Å²) < 4.78 is 113. The molecule has 0 aromatic carbocycles. The molecule has 62 heavy (non-hydrogen) atoms. The number of halogens is 7. The third-order valence-electron chi connectivity index (χ3n) is 9.36. The van der Waals surface area contributed by atoms with Crippen molar-refractivity contribution in [2.24, 2.45) is 5.92 Å². The molecule has 0 bridgehead atoms. The van der Waals surface area contributed by atoms with Gasteiger partial charge in [-0.1, -0.05) is 31.8 Å². The van der Waals surface area contributed by atoms with Crippen LogP contribution in [-0.4, -0.2) is 63.9 Å². The van der Waals surface area contributed by atoms with Crippen LogP contribution in [0, 0.1) is 12.8 Å². The van der Waals surface area contributed by atoms with Gasteiger partial charge in [0.2, 0.25) is 5.88 Å². The Hall–Kier alpha value is -5.58. The number of carbonyl (C=O) groups excluding carboxylic acids is 1. The molecule has 0 saturated carbocycles. The molecule has 6 heterocycles. The zero-order valence-corrected chi connectivity index (χ0v) is 36.1. The van der Waals surface area contributed by atoms with Gasteiger partial charge in [-0.15, -0.1) is 11.3 Å². The number of aryl methyl sites for hydroxylation is 1. The van der Waals surface area contributed by atoms with Crippen LogP contribution in [0.25, 0.3) is 15.6 Å². The fraction of sp³-hybridized carbons (Fsp3) is 0.462. The largest absolute Gasteiger partial charge is 0.478 e. The molecule has 6 aromatic rings. The topological polar surface area (TPSA) is 155 Å². The van der Waals surface area contributed by atoms with Crippen molar-refractivity contribution in [1.29, 1.82) is 0 Å². The van der Waals surface area contributed by atoms with Crippen LogP contribution < -0.4 is 26.5 Å². The lowest BCUT2D eigenvalue weighted by molar-refractivity contribution is -0.134. The van der Waals surface area contributed by atoms with E-state index in [1.165, 1.54) is 10.7 Å². The van der Waals surface area contributed by atoms with Gasteiger partial charge in [0.25, 0.3) is 28.9 Å². The lowest BCUT2D eigenvalue weighted by Crippen LogP contribution is -2.28. The van der Waals surface area contributed by atoms with E-state index in [-0.39, 0.29) is 88.5 Å². The van der Waals surface area contributed by atoms with Crippen molar-refractivity contribution in [3.8, 4) is 5.88 Å². The summed E-state index contributed by atoms with van der Waals surface area (Å²) in [7, 11) is 0. The van der Waals surface area contributed by atoms with E-state index in [2.05, 4.69) is 37.4 Å². The molecule has 14 nitrogen and oxygen atoms in total. The van der Waals surface area contributed by atoms with Crippen LogP contribution in [0.15, 0.2) is 40.4 Å². The summed E-state index contributed by atoms with van der Waals surface area (Å²) in [4.78, 5) is 47.2. The van der Waals surface area contributed by atoms with Crippen molar-refractivity contribution in [1.82, 2.24) is 49.0 Å². The molecule has 334 valence electrons. The van der Waals surface area contributed by atoms with E-state index >= 15 is 8.78 Å². The Balaban J connectivity index is 1.20. The van der Waals surface area contributed by atoms with Crippen molar-refractivity contribution in [2.45, 2.75) is 91.9 Å². The van der Waals surface area contributed by atoms with E-state index in [4.69, 9.17) is 4.74 Å². The van der Waals surface area contributed by atoms with Gasteiger partial charge in [0.1, 0.15) is 22.0 Å². The minimum atomic E-state index is -4.81. The number of hydrogen-bond donors (Lipinski definition) is 2. The highest BCUT2D eigenvalue weighted by atomic mass is 32.1. The van der Waals surface area contributed by atoms with Crippen molar-refractivity contribution >= 4 is 44.2 Å². The Morgan fingerprint density at radius 2 is 1.42 bits per heavy atom. The smallest absolute Gasteiger partial charge is 0.427 e. The number of carbonyl (C=O) groups is 1. The molecule has 23 heteroatoms. The third kappa shape index (κ3) is 9.72. The second-order valence-corrected chi connectivity index (χ2v) is 17.1. The fourth-order valence-electron chi connectivity index (χ4n) is 6.68. The number of ether oxygens (including phenoxy) is 1. The van der Waals surface area contributed by atoms with E-state index in [0.717, 1.165) is 43.0 Å². The minimum Gasteiger partial charge on any atom is -0.478 e. The first-order chi connectivity index (χ1) is 29.0. The second kappa shape index (κ2) is 17.7. The number of aromatic nitrogens is 8. The van der Waals surface area contributed by atoms with Crippen LogP contribution in [0.5, 0.6) is 5.88 Å². The van der Waals surface area contributed by atoms with E-state index in [9.17, 15) is 36.3 Å². The lowest BCUT2D eigenvalue weighted by Gasteiger charge is -2.14. The predicted octanol–water partition coefficient (Wildman–Crippen LogP) is 7.23. The van der Waals surface area contributed by atoms with E-state index < -0.39 is 63.4 Å². The van der Waals surface area contributed by atoms with Gasteiger partial charge in [0, 0.05) is 55.2 Å². The number of nitrogens with zero attached hydrogens (tertiary/aromatic N) is 8. The standard InChI is InChI=1S/C39H43F7N10O4S2/c1-8-47-21(5)31-33(39(44,45)46)62-36-50-23(14-28(57)55(31)36)18-53-25(13-20(3)4)16-27(52-53)38(42,43)11-10-12-60-30-17-26(37(7,40)41)51-54(30)19-24-15-29(58)56-32(34(59)48-9-2)22(6)61-35(56)49-24/h14-17,20,47H,5,8-13,18-19H2,1-4,6-7H3,(H,48,59). The van der Waals surface area contributed by atoms with Crippen LogP contribution in [-0.2, 0) is 37.5 Å². The summed E-state index contributed by atoms with van der Waals surface area (Å²) in [6, 6.07) is 4.37. The van der Waals surface area contributed by atoms with Gasteiger partial charge in [-0.2, -0.15) is 40.9 Å². The molecule has 0 saturated heterocycles. The molecular formula is C39H43F7N10O4S2. The van der Waals surface area contributed by atoms with Gasteiger partial charge in [0.15, 0.2) is 9.92 Å². The Morgan fingerprint density at radius 1 is 0.839 bits per heavy atom. The second-order valence-electron chi connectivity index (χ2n) is 14.9. The van der Waals surface area contributed by atoms with Crippen molar-refractivity contribution < 1.29 is 40.3 Å². The normalized spacial score (nSPS) is 12.5. The lowest BCUT2D eigenvalue weighted by atomic mass is 10.1. The summed E-state index contributed by atoms with van der Waals surface area (Å²) in [6.07, 6.45) is -5.58. The molecule has 6 rings (SSSR count). The summed E-state index contributed by atoms with van der Waals surface area (Å²) >= 11 is 1.35. The van der Waals surface area contributed by atoms with Crippen LogP contribution in [0.4, 0.5) is 30.7 Å². The van der Waals surface area contributed by atoms with E-state index in [1.807, 2.05) is 13.8 Å². The first-order valence-electron chi connectivity index (χ1n) is 19.4. The highest BCUT2D eigenvalue weighted by Gasteiger charge is 2.39. The molecule has 0 aliphatic heterocycles. The van der Waals surface area contributed by atoms with Crippen LogP contribution in [0.1, 0.15) is 102 Å². The third-order valence-corrected chi connectivity index (χ3v) is 11.4. The molecule has 1 amide bonds. The maximum Gasteiger partial charge on any atom is 0.427 e. The van der Waals surface area contributed by atoms with Crippen molar-refractivity contribution in [3.63, 3.8) is 0 Å². The summed E-state index contributed by atoms with van der Waals surface area (Å²) in [5, 5.41) is 13.5. The highest BCUT2D eigenvalue weighted by molar-refractivity contribution is 7.17. The predicted molar refractivity (Wildman–Crippen MR) is 219 cm³/mol. The highest BCUT2D eigenvalue weighted by Crippen LogP contribution is 2.40. The van der Waals surface area contributed by atoms with Gasteiger partial charge in [-0.3, -0.25) is 19.1 Å². The average Bonchev–Trinajstić information content (AvgIpc) is 3.93. The Bertz CT molecular complexity index is 2760. The number of nitrogens with one attached hydrogen (secondary N) is 2. The van der Waals surface area contributed by atoms with Crippen LogP contribution in [0.2, 0.25) is 0 Å². The number of thiazole rings is 2. The minimum absolute atomic E-state index is 0.00516. The molecule has 0 atom stereocenters. The molecule has 0 unspecified atom stereocenters. The Kier molecular flexibility index (Phi) is 13.1. The molecule has 6 aromatic heterocycles.